The first-order valence-corrected chi connectivity index (χ1v) is 10.8. The zero-order valence-electron chi connectivity index (χ0n) is 16.0. The Balaban J connectivity index is 1.55. The predicted molar refractivity (Wildman–Crippen MR) is 117 cm³/mol. The summed E-state index contributed by atoms with van der Waals surface area (Å²) in [5.74, 6) is 2.17. The van der Waals surface area contributed by atoms with E-state index in [1.807, 2.05) is 29.0 Å². The topological polar surface area (TPSA) is 64.9 Å². The lowest BCUT2D eigenvalue weighted by Crippen LogP contribution is -2.07. The molecule has 1 aliphatic rings. The van der Waals surface area contributed by atoms with Crippen LogP contribution in [-0.2, 0) is 19.4 Å². The molecule has 1 N–H and O–H groups in total. The summed E-state index contributed by atoms with van der Waals surface area (Å²) in [7, 11) is 1.62. The maximum absolute atomic E-state index is 6.29. The minimum atomic E-state index is 0.603. The number of thiophene rings is 1. The number of methoxy groups -OCH3 is 1. The van der Waals surface area contributed by atoms with Gasteiger partial charge in [0.1, 0.15) is 22.7 Å². The average molecular weight is 426 g/mol. The fourth-order valence-corrected chi connectivity index (χ4v) is 5.31. The molecular formula is C21H20ClN5OS. The van der Waals surface area contributed by atoms with Gasteiger partial charge in [0.25, 0.3) is 0 Å². The highest BCUT2D eigenvalue weighted by atomic mass is 35.5. The van der Waals surface area contributed by atoms with Gasteiger partial charge in [-0.25, -0.2) is 9.97 Å². The van der Waals surface area contributed by atoms with E-state index in [2.05, 4.69) is 10.3 Å². The number of ether oxygens (including phenoxy) is 1. The molecule has 0 amide bonds. The SMILES string of the molecule is COc1ccc(CNc2nc(-n3ccnc3)nc3sc4c(c23)CCCC4)cc1Cl. The minimum absolute atomic E-state index is 0.603. The highest BCUT2D eigenvalue weighted by Crippen LogP contribution is 2.39. The molecule has 0 radical (unpaired) electrons. The molecule has 1 aromatic carbocycles. The second-order valence-corrected chi connectivity index (χ2v) is 8.55. The van der Waals surface area contributed by atoms with Gasteiger partial charge in [-0.2, -0.15) is 4.98 Å². The van der Waals surface area contributed by atoms with Crippen molar-refractivity contribution in [3.63, 3.8) is 0 Å². The van der Waals surface area contributed by atoms with Crippen LogP contribution in [-0.4, -0.2) is 26.6 Å². The number of imidazole rings is 1. The quantitative estimate of drug-likeness (QED) is 0.485. The molecule has 3 aromatic heterocycles. The molecule has 0 unspecified atom stereocenters. The van der Waals surface area contributed by atoms with E-state index in [1.54, 1.807) is 31.0 Å². The number of anilines is 1. The van der Waals surface area contributed by atoms with Crippen LogP contribution in [0.3, 0.4) is 0 Å². The van der Waals surface area contributed by atoms with Crippen molar-refractivity contribution < 1.29 is 4.74 Å². The van der Waals surface area contributed by atoms with Gasteiger partial charge < -0.3 is 10.1 Å². The normalized spacial score (nSPS) is 13.4. The molecule has 4 aromatic rings. The number of aromatic nitrogens is 4. The van der Waals surface area contributed by atoms with Gasteiger partial charge in [-0.15, -0.1) is 11.3 Å². The van der Waals surface area contributed by atoms with E-state index in [9.17, 15) is 0 Å². The van der Waals surface area contributed by atoms with Crippen LogP contribution in [0.2, 0.25) is 5.02 Å². The van der Waals surface area contributed by atoms with Gasteiger partial charge in [-0.05, 0) is 48.9 Å². The number of aryl methyl sites for hydroxylation is 2. The van der Waals surface area contributed by atoms with Crippen LogP contribution in [0.4, 0.5) is 5.82 Å². The van der Waals surface area contributed by atoms with Gasteiger partial charge in [0, 0.05) is 23.8 Å². The summed E-state index contributed by atoms with van der Waals surface area (Å²) in [6, 6.07) is 5.82. The van der Waals surface area contributed by atoms with Crippen molar-refractivity contribution in [1.29, 1.82) is 0 Å². The number of nitrogens with one attached hydrogen (secondary N) is 1. The zero-order valence-corrected chi connectivity index (χ0v) is 17.6. The molecule has 0 fully saturated rings. The first-order valence-electron chi connectivity index (χ1n) is 9.60. The van der Waals surface area contributed by atoms with Crippen LogP contribution >= 0.6 is 22.9 Å². The number of benzene rings is 1. The number of hydrogen-bond acceptors (Lipinski definition) is 6. The largest absolute Gasteiger partial charge is 0.495 e. The standard InChI is InChI=1S/C21H20ClN5OS/c1-28-16-7-6-13(10-15(16)22)11-24-19-18-14-4-2-3-5-17(14)29-20(18)26-21(25-19)27-9-8-23-12-27/h6-10,12H,2-5,11H2,1H3,(H,24,25,26). The monoisotopic (exact) mass is 425 g/mol. The number of nitrogens with zero attached hydrogens (tertiary/aromatic N) is 4. The molecule has 5 rings (SSSR count). The summed E-state index contributed by atoms with van der Waals surface area (Å²) in [5.41, 5.74) is 2.47. The van der Waals surface area contributed by atoms with Crippen LogP contribution in [0.15, 0.2) is 36.9 Å². The van der Waals surface area contributed by atoms with Crippen LogP contribution < -0.4 is 10.1 Å². The number of halogens is 1. The third kappa shape index (κ3) is 3.45. The van der Waals surface area contributed by atoms with Gasteiger partial charge in [-0.3, -0.25) is 4.57 Å². The van der Waals surface area contributed by atoms with Gasteiger partial charge in [0.05, 0.1) is 17.5 Å². The van der Waals surface area contributed by atoms with Crippen molar-refractivity contribution >= 4 is 39.0 Å². The summed E-state index contributed by atoms with van der Waals surface area (Å²) in [6.45, 7) is 0.615. The van der Waals surface area contributed by atoms with Gasteiger partial charge >= 0.3 is 0 Å². The Morgan fingerprint density at radius 1 is 1.24 bits per heavy atom. The molecule has 1 aliphatic carbocycles. The molecular weight excluding hydrogens is 406 g/mol. The minimum Gasteiger partial charge on any atom is -0.495 e. The molecule has 8 heteroatoms. The van der Waals surface area contributed by atoms with Gasteiger partial charge in [0.15, 0.2) is 0 Å². The van der Waals surface area contributed by atoms with Gasteiger partial charge in [0.2, 0.25) is 5.95 Å². The molecule has 148 valence electrons. The van der Waals surface area contributed by atoms with Crippen molar-refractivity contribution in [2.24, 2.45) is 0 Å². The van der Waals surface area contributed by atoms with Crippen LogP contribution in [0.1, 0.15) is 28.8 Å². The van der Waals surface area contributed by atoms with E-state index in [0.29, 0.717) is 23.3 Å². The molecule has 3 heterocycles. The summed E-state index contributed by atoms with van der Waals surface area (Å²) < 4.78 is 7.09. The Morgan fingerprint density at radius 3 is 2.93 bits per heavy atom. The fraction of sp³-hybridized carbons (Fsp3) is 0.286. The summed E-state index contributed by atoms with van der Waals surface area (Å²) in [6.07, 6.45) is 10.0. The molecule has 0 spiro atoms. The molecule has 0 atom stereocenters. The Bertz CT molecular complexity index is 1170. The lowest BCUT2D eigenvalue weighted by molar-refractivity contribution is 0.415. The Labute approximate surface area is 177 Å². The van der Waals surface area contributed by atoms with E-state index >= 15 is 0 Å². The predicted octanol–water partition coefficient (Wildman–Crippen LogP) is 5.03. The highest BCUT2D eigenvalue weighted by molar-refractivity contribution is 7.19. The van der Waals surface area contributed by atoms with Crippen molar-refractivity contribution in [2.45, 2.75) is 32.2 Å². The van der Waals surface area contributed by atoms with Crippen LogP contribution in [0, 0.1) is 0 Å². The van der Waals surface area contributed by atoms with E-state index in [4.69, 9.17) is 26.3 Å². The van der Waals surface area contributed by atoms with Gasteiger partial charge in [-0.1, -0.05) is 17.7 Å². The average Bonchev–Trinajstić information content (AvgIpc) is 3.39. The summed E-state index contributed by atoms with van der Waals surface area (Å²) in [5, 5.41) is 5.29. The zero-order chi connectivity index (χ0) is 19.8. The smallest absolute Gasteiger partial charge is 0.238 e. The third-order valence-corrected chi connectivity index (χ3v) is 6.70. The second-order valence-electron chi connectivity index (χ2n) is 7.06. The highest BCUT2D eigenvalue weighted by Gasteiger charge is 2.21. The van der Waals surface area contributed by atoms with Crippen molar-refractivity contribution in [1.82, 2.24) is 19.5 Å². The Hall–Kier alpha value is -2.64. The first-order chi connectivity index (χ1) is 14.2. The van der Waals surface area contributed by atoms with E-state index in [1.165, 1.54) is 23.3 Å². The molecule has 29 heavy (non-hydrogen) atoms. The van der Waals surface area contributed by atoms with Crippen LogP contribution in [0.5, 0.6) is 5.75 Å². The summed E-state index contributed by atoms with van der Waals surface area (Å²) >= 11 is 8.08. The van der Waals surface area contributed by atoms with Crippen LogP contribution in [0.25, 0.3) is 16.2 Å². The number of fused-ring (bicyclic) bond motifs is 3. The lowest BCUT2D eigenvalue weighted by Gasteiger charge is -2.14. The number of hydrogen-bond donors (Lipinski definition) is 1. The second kappa shape index (κ2) is 7.65. The van der Waals surface area contributed by atoms with Crippen molar-refractivity contribution in [2.75, 3.05) is 12.4 Å². The summed E-state index contributed by atoms with van der Waals surface area (Å²) in [4.78, 5) is 16.3. The number of rotatable bonds is 5. The molecule has 6 nitrogen and oxygen atoms in total. The molecule has 0 aliphatic heterocycles. The van der Waals surface area contributed by atoms with E-state index in [-0.39, 0.29) is 0 Å². The van der Waals surface area contributed by atoms with E-state index < -0.39 is 0 Å². The van der Waals surface area contributed by atoms with E-state index in [0.717, 1.165) is 34.4 Å². The molecule has 0 saturated carbocycles. The van der Waals surface area contributed by atoms with Crippen molar-refractivity contribution in [3.8, 4) is 11.7 Å². The lowest BCUT2D eigenvalue weighted by atomic mass is 9.97. The fourth-order valence-electron chi connectivity index (χ4n) is 3.77. The van der Waals surface area contributed by atoms with Crippen molar-refractivity contribution in [3.05, 3.63) is 57.9 Å². The Morgan fingerprint density at radius 2 is 2.14 bits per heavy atom. The molecule has 0 bridgehead atoms. The maximum Gasteiger partial charge on any atom is 0.238 e. The third-order valence-electron chi connectivity index (χ3n) is 5.21. The Kier molecular flexibility index (Phi) is 4.85. The molecule has 0 saturated heterocycles. The maximum atomic E-state index is 6.29. The first kappa shape index (κ1) is 18.4.